The van der Waals surface area contributed by atoms with Crippen LogP contribution in [0.5, 0.6) is 5.75 Å². The Morgan fingerprint density at radius 1 is 0.585 bits per heavy atom. The fourth-order valence-electron chi connectivity index (χ4n) is 6.72. The monoisotopic (exact) mass is 710 g/mol. The third-order valence-electron chi connectivity index (χ3n) is 9.59. The first-order valence-corrected chi connectivity index (χ1v) is 18.3. The molecule has 5 aromatic rings. The molecule has 3 N–H and O–H groups in total. The van der Waals surface area contributed by atoms with Gasteiger partial charge in [0.15, 0.2) is 0 Å². The predicted molar refractivity (Wildman–Crippen MR) is 211 cm³/mol. The summed E-state index contributed by atoms with van der Waals surface area (Å²) < 4.78 is 5.31. The van der Waals surface area contributed by atoms with E-state index in [-0.39, 0.29) is 43.3 Å². The van der Waals surface area contributed by atoms with E-state index in [1.54, 1.807) is 12.0 Å². The molecule has 0 spiro atoms. The molecule has 0 saturated carbocycles. The molecule has 274 valence electrons. The van der Waals surface area contributed by atoms with Crippen molar-refractivity contribution in [3.05, 3.63) is 173 Å². The Kier molecular flexibility index (Phi) is 14.8. The number of ether oxygens (including phenoxy) is 1. The Balaban J connectivity index is 1.27. The van der Waals surface area contributed by atoms with Crippen LogP contribution in [0.4, 0.5) is 0 Å². The highest BCUT2D eigenvalue weighted by Crippen LogP contribution is 2.29. The van der Waals surface area contributed by atoms with Crippen LogP contribution in [0.3, 0.4) is 0 Å². The predicted octanol–water partition coefficient (Wildman–Crippen LogP) is 6.41. The van der Waals surface area contributed by atoms with Crippen molar-refractivity contribution in [2.75, 3.05) is 46.4 Å². The van der Waals surface area contributed by atoms with E-state index < -0.39 is 5.91 Å². The molecule has 0 aliphatic carbocycles. The molecular formula is C45H50N4O4. The molecule has 5 rings (SSSR count). The molecule has 0 aromatic heterocycles. The van der Waals surface area contributed by atoms with Crippen molar-refractivity contribution in [3.8, 4) is 5.75 Å². The third kappa shape index (κ3) is 11.9. The van der Waals surface area contributed by atoms with E-state index >= 15 is 0 Å². The molecule has 0 saturated heterocycles. The number of carbonyl (C=O) groups excluding carboxylic acids is 3. The molecule has 0 unspecified atom stereocenters. The van der Waals surface area contributed by atoms with Gasteiger partial charge >= 0.3 is 0 Å². The second kappa shape index (κ2) is 20.3. The maximum absolute atomic E-state index is 14.0. The summed E-state index contributed by atoms with van der Waals surface area (Å²) in [5.41, 5.74) is 11.4. The molecule has 0 heterocycles. The fourth-order valence-corrected chi connectivity index (χ4v) is 6.72. The molecule has 3 amide bonds. The van der Waals surface area contributed by atoms with Gasteiger partial charge in [-0.2, -0.15) is 0 Å². The van der Waals surface area contributed by atoms with Gasteiger partial charge < -0.3 is 25.6 Å². The largest absolute Gasteiger partial charge is 0.497 e. The zero-order valence-corrected chi connectivity index (χ0v) is 30.5. The smallest absolute Gasteiger partial charge is 0.242 e. The molecule has 0 atom stereocenters. The summed E-state index contributed by atoms with van der Waals surface area (Å²) in [5.74, 6) is -0.178. The first-order valence-electron chi connectivity index (χ1n) is 18.3. The molecular weight excluding hydrogens is 661 g/mol. The minimum absolute atomic E-state index is 0.00758. The highest BCUT2D eigenvalue weighted by atomic mass is 16.5. The second-order valence-corrected chi connectivity index (χ2v) is 13.2. The number of hydrogen-bond donors (Lipinski definition) is 2. The quantitative estimate of drug-likeness (QED) is 0.0909. The molecule has 5 aromatic carbocycles. The van der Waals surface area contributed by atoms with Gasteiger partial charge in [-0.25, -0.2) is 0 Å². The number of nitrogens with zero attached hydrogens (tertiary/aromatic N) is 2. The lowest BCUT2D eigenvalue weighted by Crippen LogP contribution is -2.48. The summed E-state index contributed by atoms with van der Waals surface area (Å²) in [5, 5.41) is 3.35. The van der Waals surface area contributed by atoms with Gasteiger partial charge in [-0.05, 0) is 65.8 Å². The van der Waals surface area contributed by atoms with Crippen LogP contribution in [-0.4, -0.2) is 73.9 Å². The van der Waals surface area contributed by atoms with Crippen LogP contribution < -0.4 is 15.8 Å². The Labute approximate surface area is 313 Å². The minimum atomic E-state index is -0.599. The molecule has 8 nitrogen and oxygen atoms in total. The van der Waals surface area contributed by atoms with Crippen LogP contribution in [0.15, 0.2) is 146 Å². The summed E-state index contributed by atoms with van der Waals surface area (Å²) in [6.45, 7) is 0.919. The zero-order valence-electron chi connectivity index (χ0n) is 30.5. The Bertz CT molecular complexity index is 1760. The first kappa shape index (κ1) is 38.5. The van der Waals surface area contributed by atoms with Crippen LogP contribution in [0.25, 0.3) is 0 Å². The SMILES string of the molecule is COc1ccc(CCN(CC(=O)N(CCC(c2ccccc2)c2ccccc2)CC(N)=O)C(=O)CNCCC(c2ccccc2)c2ccccc2)cc1. The van der Waals surface area contributed by atoms with Gasteiger partial charge in [-0.15, -0.1) is 0 Å². The van der Waals surface area contributed by atoms with Crippen molar-refractivity contribution in [2.45, 2.75) is 31.1 Å². The molecule has 0 fully saturated rings. The van der Waals surface area contributed by atoms with Crippen molar-refractivity contribution < 1.29 is 19.1 Å². The van der Waals surface area contributed by atoms with Gasteiger partial charge in [-0.3, -0.25) is 14.4 Å². The van der Waals surface area contributed by atoms with Crippen molar-refractivity contribution in [1.82, 2.24) is 15.1 Å². The number of nitrogens with one attached hydrogen (secondary N) is 1. The molecule has 8 heteroatoms. The topological polar surface area (TPSA) is 105 Å². The molecule has 53 heavy (non-hydrogen) atoms. The molecule has 0 aliphatic heterocycles. The van der Waals surface area contributed by atoms with Crippen LogP contribution in [-0.2, 0) is 20.8 Å². The lowest BCUT2D eigenvalue weighted by atomic mass is 9.88. The number of benzene rings is 5. The van der Waals surface area contributed by atoms with Gasteiger partial charge in [-0.1, -0.05) is 133 Å². The average Bonchev–Trinajstić information content (AvgIpc) is 3.20. The van der Waals surface area contributed by atoms with Gasteiger partial charge in [0.05, 0.1) is 26.7 Å². The minimum Gasteiger partial charge on any atom is -0.497 e. The highest BCUT2D eigenvalue weighted by Gasteiger charge is 2.24. The number of nitrogens with two attached hydrogens (primary N) is 1. The van der Waals surface area contributed by atoms with E-state index in [4.69, 9.17) is 10.5 Å². The van der Waals surface area contributed by atoms with Crippen LogP contribution in [0.1, 0.15) is 52.5 Å². The highest BCUT2D eigenvalue weighted by molar-refractivity contribution is 5.88. The number of primary amides is 1. The second-order valence-electron chi connectivity index (χ2n) is 13.2. The van der Waals surface area contributed by atoms with E-state index in [0.29, 0.717) is 32.5 Å². The van der Waals surface area contributed by atoms with Crippen molar-refractivity contribution in [3.63, 3.8) is 0 Å². The standard InChI is InChI=1S/C45H50N4O4/c1-53-40-24-22-35(23-25-40)27-30-49(44(51)32-47-29-26-41(36-14-6-2-7-15-36)37-16-8-3-9-17-37)34-45(52)48(33-43(46)50)31-28-42(38-18-10-4-11-19-38)39-20-12-5-13-21-39/h2-25,41-42,47H,26-34H2,1H3,(H2,46,50). The summed E-state index contributed by atoms with van der Waals surface area (Å²) >= 11 is 0. The molecule has 0 radical (unpaired) electrons. The van der Waals surface area contributed by atoms with E-state index in [9.17, 15) is 14.4 Å². The Morgan fingerprint density at radius 2 is 1.04 bits per heavy atom. The van der Waals surface area contributed by atoms with Crippen molar-refractivity contribution in [1.29, 1.82) is 0 Å². The summed E-state index contributed by atoms with van der Waals surface area (Å²) in [6, 6.07) is 48.7. The zero-order chi connectivity index (χ0) is 37.3. The van der Waals surface area contributed by atoms with Crippen LogP contribution in [0, 0.1) is 0 Å². The number of carbonyl (C=O) groups is 3. The fraction of sp³-hybridized carbons (Fsp3) is 0.267. The van der Waals surface area contributed by atoms with Gasteiger partial charge in [0.2, 0.25) is 17.7 Å². The number of rotatable bonds is 20. The normalized spacial score (nSPS) is 11.0. The average molecular weight is 711 g/mol. The number of hydrogen-bond acceptors (Lipinski definition) is 5. The van der Waals surface area contributed by atoms with Crippen LogP contribution >= 0.6 is 0 Å². The first-order chi connectivity index (χ1) is 25.9. The van der Waals surface area contributed by atoms with Gasteiger partial charge in [0, 0.05) is 24.9 Å². The summed E-state index contributed by atoms with van der Waals surface area (Å²) in [6.07, 6.45) is 1.92. The van der Waals surface area contributed by atoms with Crippen molar-refractivity contribution >= 4 is 17.7 Å². The number of amides is 3. The summed E-state index contributed by atoms with van der Waals surface area (Å²) in [7, 11) is 1.62. The molecule has 0 bridgehead atoms. The summed E-state index contributed by atoms with van der Waals surface area (Å²) in [4.78, 5) is 43.2. The van der Waals surface area contributed by atoms with Gasteiger partial charge in [0.25, 0.3) is 0 Å². The maximum Gasteiger partial charge on any atom is 0.242 e. The lowest BCUT2D eigenvalue weighted by Gasteiger charge is -2.29. The lowest BCUT2D eigenvalue weighted by molar-refractivity contribution is -0.141. The molecule has 0 aliphatic rings. The maximum atomic E-state index is 14.0. The van der Waals surface area contributed by atoms with E-state index in [0.717, 1.165) is 28.9 Å². The van der Waals surface area contributed by atoms with E-state index in [2.05, 4.69) is 53.8 Å². The third-order valence-corrected chi connectivity index (χ3v) is 9.59. The van der Waals surface area contributed by atoms with Gasteiger partial charge in [0.1, 0.15) is 5.75 Å². The Morgan fingerprint density at radius 3 is 1.49 bits per heavy atom. The van der Waals surface area contributed by atoms with Crippen molar-refractivity contribution in [2.24, 2.45) is 5.73 Å². The Hall–Kier alpha value is -5.73. The number of methoxy groups -OCH3 is 1. The van der Waals surface area contributed by atoms with E-state index in [1.165, 1.54) is 16.0 Å². The van der Waals surface area contributed by atoms with Crippen LogP contribution in [0.2, 0.25) is 0 Å². The van der Waals surface area contributed by atoms with E-state index in [1.807, 2.05) is 97.1 Å².